The maximum atomic E-state index is 12.3. The van der Waals surface area contributed by atoms with Crippen molar-refractivity contribution in [3.8, 4) is 11.5 Å². The maximum absolute atomic E-state index is 12.3. The van der Waals surface area contributed by atoms with Crippen LogP contribution in [0.5, 0.6) is 11.5 Å². The summed E-state index contributed by atoms with van der Waals surface area (Å²) in [6.07, 6.45) is 4.73. The number of ether oxygens (including phenoxy) is 2. The Hall–Kier alpha value is -1.75. The van der Waals surface area contributed by atoms with Crippen molar-refractivity contribution < 1.29 is 14.3 Å². The molecule has 5 nitrogen and oxygen atoms in total. The van der Waals surface area contributed by atoms with Gasteiger partial charge in [0, 0.05) is 19.0 Å². The number of carbonyl (C=O) groups is 1. The Bertz CT molecular complexity index is 527. The molecule has 0 unspecified atom stereocenters. The molecule has 24 heavy (non-hydrogen) atoms. The molecule has 5 heteroatoms. The van der Waals surface area contributed by atoms with Crippen LogP contribution in [0.3, 0.4) is 0 Å². The van der Waals surface area contributed by atoms with Crippen LogP contribution in [-0.2, 0) is 11.2 Å². The number of hydrogen-bond donors (Lipinski definition) is 1. The van der Waals surface area contributed by atoms with Gasteiger partial charge < -0.3 is 19.7 Å². The summed E-state index contributed by atoms with van der Waals surface area (Å²) in [5, 5.41) is 3.18. The number of benzene rings is 1. The molecule has 1 N–H and O–H groups in total. The van der Waals surface area contributed by atoms with Gasteiger partial charge in [-0.05, 0) is 56.5 Å². The summed E-state index contributed by atoms with van der Waals surface area (Å²) in [6, 6.07) is 6.05. The SMILES string of the molecule is CC[C@H](CN1CCCC1)NC(=O)CCc1ccc(OC)c(OC)c1. The fraction of sp³-hybridized carbons (Fsp3) is 0.632. The maximum Gasteiger partial charge on any atom is 0.220 e. The number of nitrogens with one attached hydrogen (secondary N) is 1. The summed E-state index contributed by atoms with van der Waals surface area (Å²) in [5.74, 6) is 1.54. The Labute approximate surface area is 145 Å². The number of aryl methyl sites for hydroxylation is 1. The minimum Gasteiger partial charge on any atom is -0.493 e. The average molecular weight is 334 g/mol. The van der Waals surface area contributed by atoms with Gasteiger partial charge >= 0.3 is 0 Å². The lowest BCUT2D eigenvalue weighted by molar-refractivity contribution is -0.121. The van der Waals surface area contributed by atoms with Crippen molar-refractivity contribution >= 4 is 5.91 Å². The van der Waals surface area contributed by atoms with Crippen molar-refractivity contribution in [2.75, 3.05) is 33.9 Å². The zero-order chi connectivity index (χ0) is 17.4. The molecule has 1 amide bonds. The lowest BCUT2D eigenvalue weighted by Crippen LogP contribution is -2.42. The van der Waals surface area contributed by atoms with Gasteiger partial charge in [0.15, 0.2) is 11.5 Å². The second kappa shape index (κ2) is 9.52. The smallest absolute Gasteiger partial charge is 0.220 e. The first kappa shape index (κ1) is 18.6. The molecule has 1 aromatic carbocycles. The van der Waals surface area contributed by atoms with Crippen molar-refractivity contribution in [1.29, 1.82) is 0 Å². The van der Waals surface area contributed by atoms with Gasteiger partial charge in [-0.1, -0.05) is 13.0 Å². The van der Waals surface area contributed by atoms with Crippen molar-refractivity contribution in [2.24, 2.45) is 0 Å². The van der Waals surface area contributed by atoms with Crippen LogP contribution >= 0.6 is 0 Å². The molecule has 0 radical (unpaired) electrons. The Morgan fingerprint density at radius 2 is 1.92 bits per heavy atom. The van der Waals surface area contributed by atoms with Crippen LogP contribution in [0.1, 0.15) is 38.2 Å². The molecule has 0 bridgehead atoms. The number of carbonyl (C=O) groups excluding carboxylic acids is 1. The van der Waals surface area contributed by atoms with Crippen LogP contribution in [-0.4, -0.2) is 50.7 Å². The van der Waals surface area contributed by atoms with E-state index in [1.807, 2.05) is 18.2 Å². The number of likely N-dealkylation sites (tertiary alicyclic amines) is 1. The quantitative estimate of drug-likeness (QED) is 0.754. The highest BCUT2D eigenvalue weighted by Gasteiger charge is 2.18. The van der Waals surface area contributed by atoms with Crippen LogP contribution in [0.4, 0.5) is 0 Å². The molecule has 134 valence electrons. The molecule has 1 atom stereocenters. The van der Waals surface area contributed by atoms with Gasteiger partial charge in [0.2, 0.25) is 5.91 Å². The predicted molar refractivity (Wildman–Crippen MR) is 95.8 cm³/mol. The van der Waals surface area contributed by atoms with Gasteiger partial charge in [-0.3, -0.25) is 4.79 Å². The molecular weight excluding hydrogens is 304 g/mol. The number of nitrogens with zero attached hydrogens (tertiary/aromatic N) is 1. The van der Waals surface area contributed by atoms with E-state index in [0.29, 0.717) is 24.3 Å². The van der Waals surface area contributed by atoms with Crippen LogP contribution < -0.4 is 14.8 Å². The van der Waals surface area contributed by atoms with E-state index in [4.69, 9.17) is 9.47 Å². The second-order valence-electron chi connectivity index (χ2n) is 6.37. The highest BCUT2D eigenvalue weighted by atomic mass is 16.5. The highest BCUT2D eigenvalue weighted by molar-refractivity contribution is 5.76. The molecule has 1 aromatic rings. The van der Waals surface area contributed by atoms with E-state index in [2.05, 4.69) is 17.1 Å². The Kier molecular flexibility index (Phi) is 7.37. The van der Waals surface area contributed by atoms with E-state index in [9.17, 15) is 4.79 Å². The minimum atomic E-state index is 0.121. The Morgan fingerprint density at radius 1 is 1.21 bits per heavy atom. The monoisotopic (exact) mass is 334 g/mol. The summed E-state index contributed by atoms with van der Waals surface area (Å²) in [6.45, 7) is 5.43. The van der Waals surface area contributed by atoms with E-state index >= 15 is 0 Å². The molecule has 2 rings (SSSR count). The average Bonchev–Trinajstić information content (AvgIpc) is 3.12. The van der Waals surface area contributed by atoms with Crippen molar-refractivity contribution in [1.82, 2.24) is 10.2 Å². The van der Waals surface area contributed by atoms with E-state index < -0.39 is 0 Å². The third-order valence-corrected chi connectivity index (χ3v) is 4.62. The fourth-order valence-corrected chi connectivity index (χ4v) is 3.15. The standard InChI is InChI=1S/C19H30N2O3/c1-4-16(14-21-11-5-6-12-21)20-19(22)10-8-15-7-9-17(23-2)18(13-15)24-3/h7,9,13,16H,4-6,8,10-12,14H2,1-3H3,(H,20,22)/t16-/m1/s1. The molecule has 1 aliphatic rings. The Balaban J connectivity index is 1.81. The largest absolute Gasteiger partial charge is 0.493 e. The van der Waals surface area contributed by atoms with Crippen molar-refractivity contribution in [3.63, 3.8) is 0 Å². The van der Waals surface area contributed by atoms with Crippen LogP contribution in [0.25, 0.3) is 0 Å². The van der Waals surface area contributed by atoms with Gasteiger partial charge in [0.05, 0.1) is 14.2 Å². The lowest BCUT2D eigenvalue weighted by Gasteiger charge is -2.23. The molecule has 1 fully saturated rings. The number of rotatable bonds is 9. The summed E-state index contributed by atoms with van der Waals surface area (Å²) < 4.78 is 10.5. The number of hydrogen-bond acceptors (Lipinski definition) is 4. The number of amides is 1. The van der Waals surface area contributed by atoms with Gasteiger partial charge in [-0.2, -0.15) is 0 Å². The third-order valence-electron chi connectivity index (χ3n) is 4.62. The van der Waals surface area contributed by atoms with Crippen LogP contribution in [0.2, 0.25) is 0 Å². The molecule has 1 aliphatic heterocycles. The molecule has 0 aromatic heterocycles. The zero-order valence-corrected chi connectivity index (χ0v) is 15.1. The van der Waals surface area contributed by atoms with E-state index in [1.54, 1.807) is 14.2 Å². The number of methoxy groups -OCH3 is 2. The normalized spacial score (nSPS) is 16.0. The van der Waals surface area contributed by atoms with Crippen LogP contribution in [0, 0.1) is 0 Å². The van der Waals surface area contributed by atoms with Gasteiger partial charge in [0.25, 0.3) is 0 Å². The lowest BCUT2D eigenvalue weighted by atomic mass is 10.1. The second-order valence-corrected chi connectivity index (χ2v) is 6.37. The molecule has 0 saturated carbocycles. The molecule has 0 aliphatic carbocycles. The van der Waals surface area contributed by atoms with Gasteiger partial charge in [-0.15, -0.1) is 0 Å². The molecule has 0 spiro atoms. The first-order valence-corrected chi connectivity index (χ1v) is 8.88. The van der Waals surface area contributed by atoms with E-state index in [0.717, 1.165) is 31.6 Å². The topological polar surface area (TPSA) is 50.8 Å². The highest BCUT2D eigenvalue weighted by Crippen LogP contribution is 2.27. The third kappa shape index (κ3) is 5.41. The molecular formula is C19H30N2O3. The van der Waals surface area contributed by atoms with Crippen molar-refractivity contribution in [3.05, 3.63) is 23.8 Å². The van der Waals surface area contributed by atoms with Crippen LogP contribution in [0.15, 0.2) is 18.2 Å². The molecule has 1 saturated heterocycles. The summed E-state index contributed by atoms with van der Waals surface area (Å²) >= 11 is 0. The summed E-state index contributed by atoms with van der Waals surface area (Å²) in [7, 11) is 3.24. The van der Waals surface area contributed by atoms with Crippen molar-refractivity contribution in [2.45, 2.75) is 45.1 Å². The first-order valence-electron chi connectivity index (χ1n) is 8.88. The Morgan fingerprint density at radius 3 is 2.54 bits per heavy atom. The summed E-state index contributed by atoms with van der Waals surface area (Å²) in [5.41, 5.74) is 1.08. The zero-order valence-electron chi connectivity index (χ0n) is 15.1. The van der Waals surface area contributed by atoms with Gasteiger partial charge in [-0.25, -0.2) is 0 Å². The fourth-order valence-electron chi connectivity index (χ4n) is 3.15. The van der Waals surface area contributed by atoms with E-state index in [-0.39, 0.29) is 11.9 Å². The minimum absolute atomic E-state index is 0.121. The summed E-state index contributed by atoms with van der Waals surface area (Å²) in [4.78, 5) is 14.7. The predicted octanol–water partition coefficient (Wildman–Crippen LogP) is 2.63. The first-order chi connectivity index (χ1) is 11.7. The molecule has 1 heterocycles. The van der Waals surface area contributed by atoms with Gasteiger partial charge in [0.1, 0.15) is 0 Å². The van der Waals surface area contributed by atoms with E-state index in [1.165, 1.54) is 12.8 Å².